The highest BCUT2D eigenvalue weighted by molar-refractivity contribution is 7.90. The maximum absolute atomic E-state index is 15.3. The lowest BCUT2D eigenvalue weighted by molar-refractivity contribution is 0.103. The van der Waals surface area contributed by atoms with Crippen LogP contribution < -0.4 is 0 Å². The van der Waals surface area contributed by atoms with Gasteiger partial charge in [0, 0.05) is 39.5 Å². The first-order valence-corrected chi connectivity index (χ1v) is 14.4. The van der Waals surface area contributed by atoms with E-state index in [0.717, 1.165) is 28.8 Å². The van der Waals surface area contributed by atoms with Crippen molar-refractivity contribution in [2.45, 2.75) is 26.5 Å². The molecule has 0 fully saturated rings. The van der Waals surface area contributed by atoms with Crippen molar-refractivity contribution in [1.82, 2.24) is 9.97 Å². The molecule has 0 spiro atoms. The number of rotatable bonds is 8. The van der Waals surface area contributed by atoms with Crippen LogP contribution in [0.1, 0.15) is 42.3 Å². The Labute approximate surface area is 236 Å². The monoisotopic (exact) mass is 580 g/mol. The second-order valence-corrected chi connectivity index (χ2v) is 11.8. The van der Waals surface area contributed by atoms with Crippen molar-refractivity contribution in [2.75, 3.05) is 5.75 Å². The Morgan fingerprint density at radius 2 is 1.52 bits per heavy atom. The Hall–Kier alpha value is -3.88. The largest absolute Gasteiger partial charge is 0.345 e. The van der Waals surface area contributed by atoms with Crippen molar-refractivity contribution in [3.63, 3.8) is 0 Å². The fourth-order valence-corrected chi connectivity index (χ4v) is 6.11. The van der Waals surface area contributed by atoms with Crippen LogP contribution >= 0.6 is 11.6 Å². The van der Waals surface area contributed by atoms with E-state index in [1.165, 1.54) is 6.20 Å². The molecule has 2 aromatic heterocycles. The minimum absolute atomic E-state index is 0. The Bertz CT molecular complexity index is 1800. The highest BCUT2D eigenvalue weighted by atomic mass is 35.5. The van der Waals surface area contributed by atoms with Gasteiger partial charge in [-0.25, -0.2) is 22.2 Å². The smallest absolute Gasteiger partial charge is 0.201 e. The zero-order chi connectivity index (χ0) is 27.7. The molecule has 0 saturated heterocycles. The van der Waals surface area contributed by atoms with E-state index in [2.05, 4.69) is 9.97 Å². The van der Waals surface area contributed by atoms with Crippen LogP contribution in [0.3, 0.4) is 0 Å². The highest BCUT2D eigenvalue weighted by Crippen LogP contribution is 2.30. The van der Waals surface area contributed by atoms with E-state index in [0.29, 0.717) is 28.0 Å². The quantitative estimate of drug-likeness (QED) is 0.188. The number of carbonyl (C=O) groups excluding carboxylic acids is 1. The van der Waals surface area contributed by atoms with Crippen LogP contribution in [0.5, 0.6) is 0 Å². The molecule has 206 valence electrons. The van der Waals surface area contributed by atoms with E-state index >= 15 is 4.39 Å². The third kappa shape index (κ3) is 5.83. The zero-order valence-corrected chi connectivity index (χ0v) is 22.4. The van der Waals surface area contributed by atoms with Gasteiger partial charge in [-0.15, -0.1) is 0 Å². The van der Waals surface area contributed by atoms with Crippen LogP contribution in [-0.2, 0) is 15.6 Å². The summed E-state index contributed by atoms with van der Waals surface area (Å²) in [6.45, 7) is 1.70. The number of halogens is 3. The average molecular weight is 581 g/mol. The van der Waals surface area contributed by atoms with E-state index in [-0.39, 0.29) is 24.3 Å². The second kappa shape index (κ2) is 11.7. The van der Waals surface area contributed by atoms with Gasteiger partial charge in [-0.2, -0.15) is 0 Å². The summed E-state index contributed by atoms with van der Waals surface area (Å²) < 4.78 is 54.6. The van der Waals surface area contributed by atoms with Crippen LogP contribution in [-0.4, -0.2) is 29.9 Å². The summed E-state index contributed by atoms with van der Waals surface area (Å²) in [4.78, 5) is 20.7. The van der Waals surface area contributed by atoms with Crippen molar-refractivity contribution < 1.29 is 22.0 Å². The van der Waals surface area contributed by atoms with Crippen molar-refractivity contribution in [3.8, 4) is 22.3 Å². The van der Waals surface area contributed by atoms with E-state index in [1.54, 1.807) is 19.2 Å². The Morgan fingerprint density at radius 3 is 2.15 bits per heavy atom. The van der Waals surface area contributed by atoms with Gasteiger partial charge in [0.05, 0.1) is 17.1 Å². The minimum Gasteiger partial charge on any atom is -0.345 e. The molecule has 0 aliphatic heterocycles. The van der Waals surface area contributed by atoms with Gasteiger partial charge in [0.2, 0.25) is 5.78 Å². The molecule has 0 saturated carbocycles. The fourth-order valence-electron chi connectivity index (χ4n) is 4.52. The van der Waals surface area contributed by atoms with Crippen LogP contribution in [0.25, 0.3) is 33.3 Å². The number of ketones is 1. The Kier molecular flexibility index (Phi) is 8.51. The molecule has 40 heavy (non-hydrogen) atoms. The number of fused-ring (bicyclic) bond motifs is 1. The topological polar surface area (TPSA) is 79.9 Å². The molecule has 0 aliphatic carbocycles. The minimum atomic E-state index is -3.61. The van der Waals surface area contributed by atoms with Crippen LogP contribution in [0, 0.1) is 11.6 Å². The molecule has 1 N–H and O–H groups in total. The lowest BCUT2D eigenvalue weighted by atomic mass is 9.98. The maximum atomic E-state index is 15.3. The van der Waals surface area contributed by atoms with Gasteiger partial charge < -0.3 is 4.98 Å². The van der Waals surface area contributed by atoms with Crippen LogP contribution in [0.2, 0.25) is 5.02 Å². The van der Waals surface area contributed by atoms with Gasteiger partial charge in [0.1, 0.15) is 17.3 Å². The summed E-state index contributed by atoms with van der Waals surface area (Å²) in [7, 11) is -3.61. The molecule has 5 aromatic rings. The molecule has 0 amide bonds. The number of aromatic nitrogens is 2. The molecule has 5 rings (SSSR count). The Morgan fingerprint density at radius 1 is 0.925 bits per heavy atom. The number of H-pyrrole nitrogens is 1. The first kappa shape index (κ1) is 29.1. The van der Waals surface area contributed by atoms with Crippen molar-refractivity contribution in [3.05, 3.63) is 112 Å². The first-order valence-electron chi connectivity index (χ1n) is 12.2. The third-order valence-corrected chi connectivity index (χ3v) is 8.49. The summed E-state index contributed by atoms with van der Waals surface area (Å²) in [6, 6.07) is 19.0. The van der Waals surface area contributed by atoms with Crippen LogP contribution in [0.4, 0.5) is 8.78 Å². The number of hydrogen-bond acceptors (Lipinski definition) is 4. The van der Waals surface area contributed by atoms with Crippen molar-refractivity contribution in [2.24, 2.45) is 0 Å². The molecule has 0 aliphatic rings. The molecule has 2 heterocycles. The van der Waals surface area contributed by atoms with Gasteiger partial charge >= 0.3 is 0 Å². The lowest BCUT2D eigenvalue weighted by Gasteiger charge is -2.10. The maximum Gasteiger partial charge on any atom is 0.201 e. The summed E-state index contributed by atoms with van der Waals surface area (Å²) in [5.41, 5.74) is 2.92. The number of nitrogens with one attached hydrogen (secondary N) is 1. The van der Waals surface area contributed by atoms with Gasteiger partial charge in [0.15, 0.2) is 9.84 Å². The molecule has 0 atom stereocenters. The predicted octanol–water partition coefficient (Wildman–Crippen LogP) is 8.02. The SMILES string of the molecule is C.CCCS(=O)(=O)Cc1ccc(F)c(C(=O)c2c[nH]c3ncc(-c4ccc(-c5ccc(Cl)cc5)cc4)cc23)c1F. The van der Waals surface area contributed by atoms with E-state index in [4.69, 9.17) is 11.6 Å². The van der Waals surface area contributed by atoms with Gasteiger partial charge in [-0.05, 0) is 47.4 Å². The third-order valence-electron chi connectivity index (χ3n) is 6.46. The highest BCUT2D eigenvalue weighted by Gasteiger charge is 2.26. The summed E-state index contributed by atoms with van der Waals surface area (Å²) in [5.74, 6) is -3.88. The molecule has 0 unspecified atom stereocenters. The zero-order valence-electron chi connectivity index (χ0n) is 20.8. The lowest BCUT2D eigenvalue weighted by Crippen LogP contribution is -2.14. The van der Waals surface area contributed by atoms with Gasteiger partial charge in [0.25, 0.3) is 0 Å². The number of sulfone groups is 1. The summed E-state index contributed by atoms with van der Waals surface area (Å²) in [5, 5.41) is 1.04. The molecular formula is C31H27ClF2N2O3S. The number of benzene rings is 3. The number of pyridine rings is 1. The van der Waals surface area contributed by atoms with Gasteiger partial charge in [-0.1, -0.05) is 68.4 Å². The van der Waals surface area contributed by atoms with Crippen LogP contribution in [0.15, 0.2) is 79.1 Å². The number of carbonyl (C=O) groups is 1. The Balaban J connectivity index is 0.00000370. The molecule has 5 nitrogen and oxygen atoms in total. The summed E-state index contributed by atoms with van der Waals surface area (Å²) in [6.07, 6.45) is 3.36. The van der Waals surface area contributed by atoms with Gasteiger partial charge in [-0.3, -0.25) is 4.79 Å². The number of aromatic amines is 1. The van der Waals surface area contributed by atoms with E-state index < -0.39 is 38.6 Å². The summed E-state index contributed by atoms with van der Waals surface area (Å²) >= 11 is 5.98. The predicted molar refractivity (Wildman–Crippen MR) is 156 cm³/mol. The van der Waals surface area contributed by atoms with Crippen molar-refractivity contribution >= 4 is 38.3 Å². The van der Waals surface area contributed by atoms with Crippen molar-refractivity contribution in [1.29, 1.82) is 0 Å². The number of nitrogens with zero attached hydrogens (tertiary/aromatic N) is 1. The van der Waals surface area contributed by atoms with E-state index in [1.807, 2.05) is 48.5 Å². The molecule has 3 aromatic carbocycles. The van der Waals surface area contributed by atoms with E-state index in [9.17, 15) is 17.6 Å². The molecule has 0 bridgehead atoms. The molecule has 9 heteroatoms. The first-order chi connectivity index (χ1) is 18.7. The standard InChI is InChI=1S/C30H23ClF2N2O3S.CH4/c1-2-13-39(37,38)17-21-9-12-26(32)27(28(21)33)29(36)25-16-35-30-24(25)14-22(15-34-30)20-5-3-18(4-6-20)19-7-10-23(31)11-8-19;/h3-12,14-16H,2,13,17H2,1H3,(H,34,35);1H4. The fraction of sp³-hybridized carbons (Fsp3) is 0.161. The molecular weight excluding hydrogens is 554 g/mol. The second-order valence-electron chi connectivity index (χ2n) is 9.22. The number of hydrogen-bond donors (Lipinski definition) is 1. The normalized spacial score (nSPS) is 11.4. The average Bonchev–Trinajstić information content (AvgIpc) is 3.34. The molecule has 0 radical (unpaired) electrons.